The van der Waals surface area contributed by atoms with Crippen LogP contribution in [-0.2, 0) is 25.7 Å². The first-order valence-corrected chi connectivity index (χ1v) is 51.2. The molecule has 3 aromatic carbocycles. The maximum atomic E-state index is 4.92. The Morgan fingerprint density at radius 3 is 0.655 bits per heavy atom. The highest BCUT2D eigenvalue weighted by atomic mass is 32.2. The van der Waals surface area contributed by atoms with Crippen molar-refractivity contribution >= 4 is 182 Å². The van der Waals surface area contributed by atoms with Crippen LogP contribution in [0.2, 0.25) is 0 Å². The topological polar surface area (TPSA) is 77.3 Å². The Morgan fingerprint density at radius 1 is 0.212 bits per heavy atom. The van der Waals surface area contributed by atoms with Gasteiger partial charge in [0.05, 0.1) is 35.2 Å². The van der Waals surface area contributed by atoms with E-state index in [0.717, 1.165) is 58.8 Å². The van der Waals surface area contributed by atoms with Gasteiger partial charge in [0.25, 0.3) is 0 Å². The van der Waals surface area contributed by atoms with Crippen LogP contribution < -0.4 is 0 Å². The summed E-state index contributed by atoms with van der Waals surface area (Å²) in [5, 5.41) is 0. The van der Waals surface area contributed by atoms with Crippen LogP contribution in [0.1, 0.15) is 219 Å². The summed E-state index contributed by atoms with van der Waals surface area (Å²) in [7, 11) is 0. The molecule has 19 heteroatoms. The van der Waals surface area contributed by atoms with E-state index in [2.05, 4.69) is 213 Å². The summed E-state index contributed by atoms with van der Waals surface area (Å²) in [6.07, 6.45) is 30.7. The Bertz CT molecular complexity index is 5420. The lowest BCUT2D eigenvalue weighted by atomic mass is 9.94. The lowest BCUT2D eigenvalue weighted by Crippen LogP contribution is -1.93. The first-order valence-electron chi connectivity index (χ1n) is 40.9. The monoisotopic (exact) mass is 1730 g/mol. The minimum absolute atomic E-state index is 1.04. The van der Waals surface area contributed by atoms with Gasteiger partial charge in [-0.3, -0.25) is 0 Å². The van der Waals surface area contributed by atoms with Crippen LogP contribution in [-0.4, -0.2) is 26.2 Å². The molecular weight excluding hydrogens is 1630 g/mol. The predicted octanol–water partition coefficient (Wildman–Crippen LogP) is 34.9. The Hall–Kier alpha value is -5.88. The number of hydrogen-bond donors (Lipinski definition) is 0. The SMILES string of the molecule is CCCCCCCCc1cc(-c2ccc(-c3cc(CCCCCCCC)c(-c4ccc(C)s4)s3)c3nsnc23)sc1-c1ccc(C)s1.CCCCCCc1cc(-c2ccc(-c3cc(CCCCCC)c(-c4ccc(C)s4)s3)c3nsnc23)sc1-c1ccc(C)s1.Cc1ccc(-c2c(C)c(C)c(-c3ccc(C)s3)c3nsnc23)s1. The molecule has 0 amide bonds. The zero-order valence-corrected chi connectivity index (χ0v) is 78.1. The molecule has 0 spiro atoms. The van der Waals surface area contributed by atoms with Gasteiger partial charge in [0, 0.05) is 131 Å². The molecule has 13 heterocycles. The molecule has 13 aromatic heterocycles. The number of hydrogen-bond acceptors (Lipinski definition) is 19. The lowest BCUT2D eigenvalue weighted by Gasteiger charge is -2.13. The van der Waals surface area contributed by atoms with Crippen LogP contribution in [0.5, 0.6) is 0 Å². The highest BCUT2D eigenvalue weighted by Crippen LogP contribution is 2.51. The summed E-state index contributed by atoms with van der Waals surface area (Å²) < 4.78 is 28.9. The van der Waals surface area contributed by atoms with Gasteiger partial charge in [-0.2, -0.15) is 26.2 Å². The van der Waals surface area contributed by atoms with E-state index in [1.165, 1.54) is 328 Å². The fourth-order valence-corrected chi connectivity index (χ4v) is 27.9. The van der Waals surface area contributed by atoms with Gasteiger partial charge >= 0.3 is 0 Å². The van der Waals surface area contributed by atoms with Crippen LogP contribution in [0.15, 0.2) is 121 Å². The fraction of sp³-hybridized carbons (Fsp3) is 0.383. The number of benzene rings is 3. The summed E-state index contributed by atoms with van der Waals surface area (Å²) in [5.74, 6) is 0. The van der Waals surface area contributed by atoms with E-state index in [9.17, 15) is 0 Å². The molecule has 16 rings (SSSR count). The Kier molecular flexibility index (Phi) is 29.6. The molecular formula is C94H104N6S13. The van der Waals surface area contributed by atoms with Gasteiger partial charge in [-0.25, -0.2) is 0 Å². The van der Waals surface area contributed by atoms with Gasteiger partial charge in [0.15, 0.2) is 0 Å². The number of thiophene rings is 10. The normalized spacial score (nSPS) is 11.7. The zero-order chi connectivity index (χ0) is 78.5. The third-order valence-corrected chi connectivity index (χ3v) is 34.6. The van der Waals surface area contributed by atoms with Gasteiger partial charge in [-0.1, -0.05) is 155 Å². The molecule has 6 nitrogen and oxygen atoms in total. The van der Waals surface area contributed by atoms with E-state index in [-0.39, 0.29) is 0 Å². The molecule has 0 aliphatic rings. The molecule has 0 saturated heterocycles. The summed E-state index contributed by atoms with van der Waals surface area (Å²) >= 11 is 23.1. The highest BCUT2D eigenvalue weighted by Gasteiger charge is 2.26. The largest absolute Gasteiger partial charge is 0.172 e. The van der Waals surface area contributed by atoms with Crippen molar-refractivity contribution in [2.24, 2.45) is 0 Å². The molecule has 588 valence electrons. The van der Waals surface area contributed by atoms with Crippen LogP contribution in [0.25, 0.3) is 135 Å². The van der Waals surface area contributed by atoms with Crippen LogP contribution in [0.3, 0.4) is 0 Å². The summed E-state index contributed by atoms with van der Waals surface area (Å²) in [6, 6.07) is 46.1. The third-order valence-electron chi connectivity index (χ3n) is 21.4. The maximum Gasteiger partial charge on any atom is 0.114 e. The van der Waals surface area contributed by atoms with Crippen molar-refractivity contribution in [2.45, 2.75) is 237 Å². The molecule has 0 aliphatic heterocycles. The lowest BCUT2D eigenvalue weighted by molar-refractivity contribution is 0.608. The van der Waals surface area contributed by atoms with Gasteiger partial charge in [-0.05, 0) is 237 Å². The molecule has 0 radical (unpaired) electrons. The third kappa shape index (κ3) is 20.0. The number of aromatic nitrogens is 6. The number of rotatable bonds is 34. The van der Waals surface area contributed by atoms with E-state index < -0.39 is 0 Å². The van der Waals surface area contributed by atoms with E-state index >= 15 is 0 Å². The fourth-order valence-electron chi connectivity index (χ4n) is 15.2. The van der Waals surface area contributed by atoms with Crippen molar-refractivity contribution in [3.8, 4) is 102 Å². The molecule has 0 saturated carbocycles. The molecule has 0 atom stereocenters. The number of nitrogens with zero attached hydrogens (tertiary/aromatic N) is 6. The standard InChI is InChI=1S/C40H48N2S5.C36H40N2S5.C18H16N2S3/c1-5-7-9-11-13-15-17-29-25-35(45-39(29)33-23-19-27(3)43-33)31-21-22-32(38-37(31)41-47-42-38)36-26-30(18-16-14-12-10-8-6-2)40(46-36)34-24-20-28(4)44-34;1-5-7-9-11-13-25-21-31(41-35(25)29-19-15-23(3)39-29)27-17-18-28(34-33(27)37-43-38-34)32-22-26(14-12-10-8-6-2)36(42-32)30-20-16-24(4)40-30;1-9-5-7-13(21-9)15-11(3)12(4)16(14-8-6-10(2)22-14)18-17(15)19-23-20-18/h19-26H,5-18H2,1-4H3;15-22H,5-14H2,1-4H3;5-8H,1-4H3. The van der Waals surface area contributed by atoms with E-state index in [1.807, 2.05) is 113 Å². The Labute approximate surface area is 723 Å². The van der Waals surface area contributed by atoms with Crippen LogP contribution >= 0.6 is 149 Å². The van der Waals surface area contributed by atoms with E-state index in [1.54, 1.807) is 0 Å². The minimum Gasteiger partial charge on any atom is -0.172 e. The van der Waals surface area contributed by atoms with Crippen molar-refractivity contribution in [1.29, 1.82) is 0 Å². The van der Waals surface area contributed by atoms with E-state index in [4.69, 9.17) is 17.5 Å². The molecule has 16 aromatic rings. The van der Waals surface area contributed by atoms with E-state index in [0.29, 0.717) is 0 Å². The maximum absolute atomic E-state index is 4.92. The number of unbranched alkanes of at least 4 members (excludes halogenated alkanes) is 16. The molecule has 0 fully saturated rings. The first kappa shape index (κ1) is 83.6. The molecule has 0 unspecified atom stereocenters. The van der Waals surface area contributed by atoms with Gasteiger partial charge < -0.3 is 0 Å². The smallest absolute Gasteiger partial charge is 0.114 e. The van der Waals surface area contributed by atoms with Crippen molar-refractivity contribution in [3.05, 3.63) is 184 Å². The van der Waals surface area contributed by atoms with Gasteiger partial charge in [0.2, 0.25) is 0 Å². The van der Waals surface area contributed by atoms with Gasteiger partial charge in [-0.15, -0.1) is 113 Å². The molecule has 0 bridgehead atoms. The first-order chi connectivity index (χ1) is 55.2. The minimum atomic E-state index is 1.04. The number of aryl methyl sites for hydroxylation is 10. The van der Waals surface area contributed by atoms with Crippen molar-refractivity contribution < 1.29 is 0 Å². The van der Waals surface area contributed by atoms with Crippen molar-refractivity contribution in [1.82, 2.24) is 26.2 Å². The average Bonchev–Trinajstić information content (AvgIpc) is 1.42. The average molecular weight is 1730 g/mol. The molecule has 0 N–H and O–H groups in total. The number of fused-ring (bicyclic) bond motifs is 3. The second kappa shape index (κ2) is 40.0. The van der Waals surface area contributed by atoms with Crippen molar-refractivity contribution in [3.63, 3.8) is 0 Å². The zero-order valence-electron chi connectivity index (χ0n) is 67.5. The Morgan fingerprint density at radius 2 is 0.425 bits per heavy atom. The van der Waals surface area contributed by atoms with Crippen molar-refractivity contribution in [2.75, 3.05) is 0 Å². The molecule has 0 aliphatic carbocycles. The molecule has 113 heavy (non-hydrogen) atoms. The second-order valence-electron chi connectivity index (χ2n) is 30.2. The second-order valence-corrected chi connectivity index (χ2v) is 43.7. The van der Waals surface area contributed by atoms with Crippen LogP contribution in [0, 0.1) is 55.4 Å². The predicted molar refractivity (Wildman–Crippen MR) is 513 cm³/mol. The van der Waals surface area contributed by atoms with Gasteiger partial charge in [0.1, 0.15) is 33.1 Å². The summed E-state index contributed by atoms with van der Waals surface area (Å²) in [6.45, 7) is 26.7. The Balaban J connectivity index is 0.000000148. The summed E-state index contributed by atoms with van der Waals surface area (Å²) in [5.41, 5.74) is 22.3. The quantitative estimate of drug-likeness (QED) is 0.0374. The van der Waals surface area contributed by atoms with Crippen LogP contribution in [0.4, 0.5) is 0 Å². The summed E-state index contributed by atoms with van der Waals surface area (Å²) in [4.78, 5) is 27.3. The highest BCUT2D eigenvalue weighted by molar-refractivity contribution is 7.26.